The summed E-state index contributed by atoms with van der Waals surface area (Å²) in [4.78, 5) is 0. The topological polar surface area (TPSA) is 0 Å². The van der Waals surface area contributed by atoms with E-state index in [1.54, 1.807) is 5.56 Å². The van der Waals surface area contributed by atoms with E-state index in [2.05, 4.69) is 62.4 Å². The van der Waals surface area contributed by atoms with Crippen LogP contribution in [0.15, 0.2) is 48.6 Å². The molecule has 0 heteroatoms. The van der Waals surface area contributed by atoms with Crippen molar-refractivity contribution in [1.82, 2.24) is 0 Å². The van der Waals surface area contributed by atoms with E-state index in [4.69, 9.17) is 0 Å². The largest absolute Gasteiger partial charge is 0.0914 e. The van der Waals surface area contributed by atoms with Crippen molar-refractivity contribution in [3.63, 3.8) is 0 Å². The molecule has 3 rings (SSSR count). The number of allylic oxidation sites excluding steroid dienone is 4. The monoisotopic (exact) mass is 358 g/mol. The number of hydrogen-bond acceptors (Lipinski definition) is 0. The molecule has 1 aromatic carbocycles. The van der Waals surface area contributed by atoms with E-state index in [1.807, 2.05) is 0 Å². The highest BCUT2D eigenvalue weighted by Crippen LogP contribution is 2.37. The van der Waals surface area contributed by atoms with Crippen molar-refractivity contribution in [2.45, 2.75) is 86.0 Å². The Hall–Kier alpha value is -1.30. The third kappa shape index (κ3) is 6.45. The zero-order valence-electron chi connectivity index (χ0n) is 15.6. The van der Waals surface area contributed by atoms with Gasteiger partial charge in [0.25, 0.3) is 0 Å². The van der Waals surface area contributed by atoms with E-state index in [1.165, 1.54) is 56.9 Å². The van der Waals surface area contributed by atoms with E-state index < -0.39 is 0 Å². The highest BCUT2D eigenvalue weighted by Gasteiger charge is 2.22. The molecule has 0 radical (unpaired) electrons. The second-order valence-electron chi connectivity index (χ2n) is 8.11. The predicted octanol–water partition coefficient (Wildman–Crippen LogP) is 8.97. The standard InChI is InChI=1S/C24H34.2CH4.2H2/c1-3-4-20-7-9-21(10-8-20)11-12-22-13-17-24(18-14-22)23-15-5-19(2)6-16-23;;;;/h3-6,11-12,15-16,20-22,24H,7-10,13-14,17-18H2,1-2H3;2*1H4;2*1H/b4-3+,12-11+;;;;. The Bertz CT molecular complexity index is 542. The average molecular weight is 359 g/mol. The van der Waals surface area contributed by atoms with Crippen LogP contribution < -0.4 is 0 Å². The molecular formula is C26H46. The summed E-state index contributed by atoms with van der Waals surface area (Å²) in [5.41, 5.74) is 2.94. The molecule has 2 fully saturated rings. The fourth-order valence-corrected chi connectivity index (χ4v) is 4.60. The summed E-state index contributed by atoms with van der Waals surface area (Å²) in [6.45, 7) is 4.33. The first-order valence-corrected chi connectivity index (χ1v) is 10.1. The normalized spacial score (nSPS) is 29.3. The summed E-state index contributed by atoms with van der Waals surface area (Å²) in [6.07, 6.45) is 20.8. The molecule has 1 aromatic rings. The van der Waals surface area contributed by atoms with Crippen LogP contribution in [-0.2, 0) is 0 Å². The van der Waals surface area contributed by atoms with Gasteiger partial charge in [0.2, 0.25) is 0 Å². The minimum Gasteiger partial charge on any atom is -0.0914 e. The molecule has 150 valence electrons. The molecule has 0 nitrogen and oxygen atoms in total. The molecular weight excluding hydrogens is 312 g/mol. The van der Waals surface area contributed by atoms with Crippen LogP contribution in [-0.4, -0.2) is 0 Å². The third-order valence-electron chi connectivity index (χ3n) is 6.26. The molecule has 0 aliphatic heterocycles. The van der Waals surface area contributed by atoms with Gasteiger partial charge in [-0.1, -0.05) is 69.0 Å². The van der Waals surface area contributed by atoms with Crippen LogP contribution in [0, 0.1) is 24.7 Å². The molecule has 0 spiro atoms. The second kappa shape index (κ2) is 11.4. The lowest BCUT2D eigenvalue weighted by Crippen LogP contribution is -2.13. The second-order valence-corrected chi connectivity index (χ2v) is 8.11. The molecule has 2 aliphatic rings. The van der Waals surface area contributed by atoms with E-state index in [9.17, 15) is 0 Å². The number of hydrogen-bond donors (Lipinski definition) is 0. The SMILES string of the molecule is C.C.C/C=C/C1CCC(/C=C/C2CCC(c3ccc(C)cc3)CC2)CC1.[HH].[HH]. The van der Waals surface area contributed by atoms with Crippen LogP contribution in [0.4, 0.5) is 0 Å². The molecule has 26 heavy (non-hydrogen) atoms. The van der Waals surface area contributed by atoms with Crippen molar-refractivity contribution < 1.29 is 2.85 Å². The average Bonchev–Trinajstić information content (AvgIpc) is 2.63. The van der Waals surface area contributed by atoms with Crippen molar-refractivity contribution in [1.29, 1.82) is 0 Å². The minimum atomic E-state index is 0. The van der Waals surface area contributed by atoms with Crippen LogP contribution in [0.5, 0.6) is 0 Å². The Morgan fingerprint density at radius 3 is 1.58 bits per heavy atom. The Morgan fingerprint density at radius 2 is 1.12 bits per heavy atom. The first-order valence-electron chi connectivity index (χ1n) is 10.1. The Labute approximate surface area is 166 Å². The summed E-state index contributed by atoms with van der Waals surface area (Å²) < 4.78 is 0. The smallest absolute Gasteiger partial charge is 0 e. The zero-order chi connectivity index (χ0) is 16.8. The first kappa shape index (κ1) is 22.7. The van der Waals surface area contributed by atoms with Gasteiger partial charge in [0.15, 0.2) is 0 Å². The maximum Gasteiger partial charge on any atom is 0 e. The summed E-state index contributed by atoms with van der Waals surface area (Å²) in [6, 6.07) is 9.23. The fraction of sp³-hybridized carbons (Fsp3) is 0.615. The zero-order valence-corrected chi connectivity index (χ0v) is 15.6. The van der Waals surface area contributed by atoms with Gasteiger partial charge < -0.3 is 0 Å². The molecule has 0 aromatic heterocycles. The van der Waals surface area contributed by atoms with Gasteiger partial charge in [-0.2, -0.15) is 0 Å². The molecule has 0 bridgehead atoms. The van der Waals surface area contributed by atoms with E-state index in [0.29, 0.717) is 0 Å². The molecule has 0 saturated heterocycles. The van der Waals surface area contributed by atoms with Gasteiger partial charge in [0.1, 0.15) is 0 Å². The van der Waals surface area contributed by atoms with E-state index in [-0.39, 0.29) is 17.7 Å². The predicted molar refractivity (Wildman–Crippen MR) is 123 cm³/mol. The van der Waals surface area contributed by atoms with Gasteiger partial charge in [-0.05, 0) is 94.4 Å². The highest BCUT2D eigenvalue weighted by atomic mass is 14.3. The lowest BCUT2D eigenvalue weighted by atomic mass is 9.77. The highest BCUT2D eigenvalue weighted by molar-refractivity contribution is 5.25. The van der Waals surface area contributed by atoms with E-state index >= 15 is 0 Å². The fourth-order valence-electron chi connectivity index (χ4n) is 4.60. The first-order chi connectivity index (χ1) is 11.7. The summed E-state index contributed by atoms with van der Waals surface area (Å²) in [7, 11) is 0. The molecule has 0 N–H and O–H groups in total. The van der Waals surface area contributed by atoms with Crippen LogP contribution in [0.1, 0.15) is 93.0 Å². The number of benzene rings is 1. The molecule has 0 heterocycles. The van der Waals surface area contributed by atoms with Gasteiger partial charge in [-0.25, -0.2) is 0 Å². The lowest BCUT2D eigenvalue weighted by molar-refractivity contribution is 0.348. The molecule has 0 atom stereocenters. The maximum absolute atomic E-state index is 2.58. The molecule has 2 aliphatic carbocycles. The summed E-state index contributed by atoms with van der Waals surface area (Å²) in [5, 5.41) is 0. The van der Waals surface area contributed by atoms with Crippen molar-refractivity contribution in [2.24, 2.45) is 17.8 Å². The number of rotatable bonds is 4. The van der Waals surface area contributed by atoms with Crippen molar-refractivity contribution in [3.8, 4) is 0 Å². The summed E-state index contributed by atoms with van der Waals surface area (Å²) in [5.74, 6) is 3.33. The minimum absolute atomic E-state index is 0. The molecule has 0 amide bonds. The van der Waals surface area contributed by atoms with E-state index in [0.717, 1.165) is 23.7 Å². The summed E-state index contributed by atoms with van der Waals surface area (Å²) >= 11 is 0. The van der Waals surface area contributed by atoms with Crippen LogP contribution >= 0.6 is 0 Å². The van der Waals surface area contributed by atoms with Gasteiger partial charge in [-0.15, -0.1) is 0 Å². The van der Waals surface area contributed by atoms with Crippen LogP contribution in [0.3, 0.4) is 0 Å². The number of aryl methyl sites for hydroxylation is 1. The Morgan fingerprint density at radius 1 is 0.692 bits per heavy atom. The Balaban J connectivity index is 0. The van der Waals surface area contributed by atoms with Crippen molar-refractivity contribution >= 4 is 0 Å². The Kier molecular flexibility index (Phi) is 9.99. The third-order valence-corrected chi connectivity index (χ3v) is 6.26. The quantitative estimate of drug-likeness (QED) is 0.471. The molecule has 0 unspecified atom stereocenters. The van der Waals surface area contributed by atoms with Gasteiger partial charge in [0.05, 0.1) is 0 Å². The van der Waals surface area contributed by atoms with Crippen LogP contribution in [0.25, 0.3) is 0 Å². The van der Waals surface area contributed by atoms with Gasteiger partial charge in [0, 0.05) is 2.85 Å². The van der Waals surface area contributed by atoms with Gasteiger partial charge >= 0.3 is 0 Å². The molecule has 2 saturated carbocycles. The van der Waals surface area contributed by atoms with Crippen LogP contribution in [0.2, 0.25) is 0 Å². The maximum atomic E-state index is 2.58. The van der Waals surface area contributed by atoms with Crippen molar-refractivity contribution in [2.75, 3.05) is 0 Å². The van der Waals surface area contributed by atoms with Crippen molar-refractivity contribution in [3.05, 3.63) is 59.7 Å². The lowest BCUT2D eigenvalue weighted by Gasteiger charge is -2.28. The van der Waals surface area contributed by atoms with Gasteiger partial charge in [-0.3, -0.25) is 0 Å².